The lowest BCUT2D eigenvalue weighted by molar-refractivity contribution is -0.133. The summed E-state index contributed by atoms with van der Waals surface area (Å²) in [5.41, 5.74) is 0. The number of likely N-dealkylation sites (tertiary alicyclic amines) is 1. The number of carbonyl (C=O) groups is 1. The molecular formula is C17H30N2O3. The third kappa shape index (κ3) is 3.81. The van der Waals surface area contributed by atoms with Crippen molar-refractivity contribution in [3.05, 3.63) is 0 Å². The van der Waals surface area contributed by atoms with Crippen LogP contribution in [0.3, 0.4) is 0 Å². The molecule has 1 amide bonds. The second-order valence-corrected chi connectivity index (χ2v) is 7.34. The lowest BCUT2D eigenvalue weighted by atomic mass is 9.91. The van der Waals surface area contributed by atoms with Gasteiger partial charge in [-0.1, -0.05) is 0 Å². The van der Waals surface area contributed by atoms with Crippen molar-refractivity contribution in [1.82, 2.24) is 10.2 Å². The highest BCUT2D eigenvalue weighted by molar-refractivity contribution is 5.81. The molecule has 5 heteroatoms. The maximum Gasteiger partial charge on any atom is 0.249 e. The first-order valence-corrected chi connectivity index (χ1v) is 8.88. The van der Waals surface area contributed by atoms with E-state index >= 15 is 0 Å². The number of carbonyl (C=O) groups excluding carboxylic acids is 1. The highest BCUT2D eigenvalue weighted by Gasteiger charge is 2.42. The molecule has 22 heavy (non-hydrogen) atoms. The van der Waals surface area contributed by atoms with E-state index in [2.05, 4.69) is 24.1 Å². The molecule has 0 unspecified atom stereocenters. The van der Waals surface area contributed by atoms with E-state index in [1.807, 2.05) is 0 Å². The highest BCUT2D eigenvalue weighted by atomic mass is 16.5. The van der Waals surface area contributed by atoms with Gasteiger partial charge in [0.1, 0.15) is 6.10 Å². The number of piperidine rings is 1. The Bertz CT molecular complexity index is 382. The molecular weight excluding hydrogens is 280 g/mol. The van der Waals surface area contributed by atoms with E-state index in [0.717, 1.165) is 58.5 Å². The molecule has 5 nitrogen and oxygen atoms in total. The molecule has 3 atom stereocenters. The van der Waals surface area contributed by atoms with Crippen molar-refractivity contribution in [3.8, 4) is 0 Å². The second-order valence-electron chi connectivity index (χ2n) is 7.34. The van der Waals surface area contributed by atoms with Gasteiger partial charge in [-0.15, -0.1) is 0 Å². The molecule has 0 bridgehead atoms. The number of ether oxygens (including phenoxy) is 2. The number of amides is 1. The zero-order valence-electron chi connectivity index (χ0n) is 13.9. The fourth-order valence-corrected chi connectivity index (χ4v) is 3.90. The topological polar surface area (TPSA) is 50.8 Å². The van der Waals surface area contributed by atoms with Crippen molar-refractivity contribution in [2.24, 2.45) is 11.8 Å². The summed E-state index contributed by atoms with van der Waals surface area (Å²) in [6, 6.07) is 0.561. The van der Waals surface area contributed by atoms with Crippen LogP contribution in [-0.4, -0.2) is 61.9 Å². The van der Waals surface area contributed by atoms with E-state index in [1.165, 1.54) is 0 Å². The average molecular weight is 310 g/mol. The Morgan fingerprint density at radius 2 is 2.05 bits per heavy atom. The van der Waals surface area contributed by atoms with Crippen molar-refractivity contribution in [2.45, 2.75) is 57.8 Å². The van der Waals surface area contributed by atoms with Gasteiger partial charge in [0.2, 0.25) is 5.91 Å². The molecule has 3 rings (SSSR count). The van der Waals surface area contributed by atoms with E-state index in [9.17, 15) is 4.79 Å². The van der Waals surface area contributed by atoms with E-state index in [1.54, 1.807) is 0 Å². The molecule has 1 N–H and O–H groups in total. The van der Waals surface area contributed by atoms with Crippen LogP contribution in [0.5, 0.6) is 0 Å². The smallest absolute Gasteiger partial charge is 0.249 e. The molecule has 0 aliphatic carbocycles. The first kappa shape index (κ1) is 16.2. The Balaban J connectivity index is 1.44. The molecule has 3 aliphatic rings. The Kier molecular flexibility index (Phi) is 5.37. The Labute approximate surface area is 133 Å². The first-order chi connectivity index (χ1) is 10.6. The van der Waals surface area contributed by atoms with Crippen LogP contribution < -0.4 is 5.32 Å². The molecule has 0 radical (unpaired) electrons. The van der Waals surface area contributed by atoms with Crippen LogP contribution in [0.25, 0.3) is 0 Å². The van der Waals surface area contributed by atoms with Gasteiger partial charge in [0.25, 0.3) is 0 Å². The summed E-state index contributed by atoms with van der Waals surface area (Å²) in [5, 5.41) is 3.10. The maximum absolute atomic E-state index is 12.4. The van der Waals surface area contributed by atoms with Crippen molar-refractivity contribution in [3.63, 3.8) is 0 Å². The molecule has 0 aromatic rings. The summed E-state index contributed by atoms with van der Waals surface area (Å²) < 4.78 is 11.4. The van der Waals surface area contributed by atoms with Gasteiger partial charge in [-0.05, 0) is 57.9 Å². The van der Waals surface area contributed by atoms with Gasteiger partial charge in [0.15, 0.2) is 0 Å². The van der Waals surface area contributed by atoms with Crippen LogP contribution in [0, 0.1) is 11.8 Å². The summed E-state index contributed by atoms with van der Waals surface area (Å²) >= 11 is 0. The van der Waals surface area contributed by atoms with Crippen LogP contribution in [0.15, 0.2) is 0 Å². The molecule has 0 aromatic heterocycles. The normalized spacial score (nSPS) is 33.9. The molecule has 126 valence electrons. The highest BCUT2D eigenvalue weighted by Crippen LogP contribution is 2.33. The molecule has 0 saturated carbocycles. The quantitative estimate of drug-likeness (QED) is 0.853. The van der Waals surface area contributed by atoms with Gasteiger partial charge in [0.05, 0.1) is 6.10 Å². The van der Waals surface area contributed by atoms with Gasteiger partial charge in [0, 0.05) is 32.3 Å². The fourth-order valence-electron chi connectivity index (χ4n) is 3.90. The summed E-state index contributed by atoms with van der Waals surface area (Å²) in [5.74, 6) is 1.23. The zero-order chi connectivity index (χ0) is 15.5. The van der Waals surface area contributed by atoms with Crippen LogP contribution in [-0.2, 0) is 14.3 Å². The maximum atomic E-state index is 12.4. The zero-order valence-corrected chi connectivity index (χ0v) is 13.9. The van der Waals surface area contributed by atoms with Gasteiger partial charge in [-0.25, -0.2) is 0 Å². The standard InChI is InChI=1S/C17H30N2O3/c1-12(2)19-6-3-14-9-15(22-16(14)11-19)17(20)18-10-13-4-7-21-8-5-13/h12-16H,3-11H2,1-2H3,(H,18,20)/t14-,15+,16+/m0/s1. The van der Waals surface area contributed by atoms with Crippen LogP contribution in [0.4, 0.5) is 0 Å². The first-order valence-electron chi connectivity index (χ1n) is 8.88. The number of rotatable bonds is 4. The van der Waals surface area contributed by atoms with Crippen LogP contribution >= 0.6 is 0 Å². The predicted octanol–water partition coefficient (Wildman–Crippen LogP) is 1.42. The third-order valence-corrected chi connectivity index (χ3v) is 5.51. The number of hydrogen-bond donors (Lipinski definition) is 1. The number of fused-ring (bicyclic) bond motifs is 1. The van der Waals surface area contributed by atoms with E-state index in [-0.39, 0.29) is 18.1 Å². The minimum atomic E-state index is -0.234. The minimum Gasteiger partial charge on any atom is -0.381 e. The Hall–Kier alpha value is -0.650. The summed E-state index contributed by atoms with van der Waals surface area (Å²) in [4.78, 5) is 14.8. The average Bonchev–Trinajstić information content (AvgIpc) is 2.96. The van der Waals surface area contributed by atoms with E-state index < -0.39 is 0 Å². The van der Waals surface area contributed by atoms with Crippen molar-refractivity contribution < 1.29 is 14.3 Å². The van der Waals surface area contributed by atoms with Crippen molar-refractivity contribution in [1.29, 1.82) is 0 Å². The molecule has 0 spiro atoms. The van der Waals surface area contributed by atoms with E-state index in [0.29, 0.717) is 17.9 Å². The van der Waals surface area contributed by atoms with Gasteiger partial charge in [-0.3, -0.25) is 9.69 Å². The predicted molar refractivity (Wildman–Crippen MR) is 84.6 cm³/mol. The largest absolute Gasteiger partial charge is 0.381 e. The second kappa shape index (κ2) is 7.28. The monoisotopic (exact) mass is 310 g/mol. The number of hydrogen-bond acceptors (Lipinski definition) is 4. The number of nitrogens with zero attached hydrogens (tertiary/aromatic N) is 1. The van der Waals surface area contributed by atoms with Crippen molar-refractivity contribution in [2.75, 3.05) is 32.8 Å². The minimum absolute atomic E-state index is 0.0944. The SMILES string of the molecule is CC(C)N1CC[C@H]2C[C@H](C(=O)NCC3CCOCC3)O[C@@H]2C1. The van der Waals surface area contributed by atoms with Crippen molar-refractivity contribution >= 4 is 5.91 Å². The summed E-state index contributed by atoms with van der Waals surface area (Å²) in [6.07, 6.45) is 4.18. The van der Waals surface area contributed by atoms with Crippen LogP contribution in [0.2, 0.25) is 0 Å². The lowest BCUT2D eigenvalue weighted by Crippen LogP contribution is -2.45. The lowest BCUT2D eigenvalue weighted by Gasteiger charge is -2.36. The molecule has 0 aromatic carbocycles. The Morgan fingerprint density at radius 1 is 1.27 bits per heavy atom. The number of nitrogens with one attached hydrogen (secondary N) is 1. The molecule has 3 fully saturated rings. The molecule has 3 aliphatic heterocycles. The summed E-state index contributed by atoms with van der Waals surface area (Å²) in [7, 11) is 0. The van der Waals surface area contributed by atoms with Crippen LogP contribution in [0.1, 0.15) is 39.5 Å². The molecule has 3 saturated heterocycles. The fraction of sp³-hybridized carbons (Fsp3) is 0.941. The van der Waals surface area contributed by atoms with Gasteiger partial charge < -0.3 is 14.8 Å². The Morgan fingerprint density at radius 3 is 2.77 bits per heavy atom. The third-order valence-electron chi connectivity index (χ3n) is 5.51. The summed E-state index contributed by atoms with van der Waals surface area (Å²) in [6.45, 7) is 9.01. The van der Waals surface area contributed by atoms with Gasteiger partial charge in [-0.2, -0.15) is 0 Å². The van der Waals surface area contributed by atoms with Gasteiger partial charge >= 0.3 is 0 Å². The van der Waals surface area contributed by atoms with E-state index in [4.69, 9.17) is 9.47 Å². The molecule has 3 heterocycles.